The fourth-order valence-corrected chi connectivity index (χ4v) is 2.20. The molecule has 2 rings (SSSR count). The predicted molar refractivity (Wildman–Crippen MR) is 66.0 cm³/mol. The molecule has 0 aliphatic heterocycles. The fourth-order valence-electron chi connectivity index (χ4n) is 1.42. The van der Waals surface area contributed by atoms with Crippen LogP contribution in [0.25, 0.3) is 0 Å². The summed E-state index contributed by atoms with van der Waals surface area (Å²) in [4.78, 5) is 4.10. The maximum absolute atomic E-state index is 13.4. The molecule has 2 aromatic rings. The minimum atomic E-state index is -4.74. The molecule has 1 aromatic carbocycles. The summed E-state index contributed by atoms with van der Waals surface area (Å²) in [6, 6.07) is 6.06. The van der Waals surface area contributed by atoms with Crippen LogP contribution in [-0.2, 0) is 12.2 Å². The van der Waals surface area contributed by atoms with E-state index in [1.165, 1.54) is 6.07 Å². The summed E-state index contributed by atoms with van der Waals surface area (Å²) in [7, 11) is 0. The molecule has 0 amide bonds. The minimum Gasteiger partial charge on any atom is -0.383 e. The fraction of sp³-hybridized carbons (Fsp3) is 0.333. The highest BCUT2D eigenvalue weighted by molar-refractivity contribution is 7.98. The number of aliphatic hydroxyl groups excluding tert-OH is 1. The highest BCUT2D eigenvalue weighted by atomic mass is 32.2. The molecule has 9 heteroatoms. The molecule has 114 valence electrons. The summed E-state index contributed by atoms with van der Waals surface area (Å²) in [6.07, 6.45) is -8.10. The van der Waals surface area contributed by atoms with Crippen LogP contribution >= 0.6 is 11.8 Å². The number of rotatable bonds is 5. The van der Waals surface area contributed by atoms with Gasteiger partial charge < -0.3 is 9.63 Å². The van der Waals surface area contributed by atoms with E-state index in [0.717, 1.165) is 11.8 Å². The van der Waals surface area contributed by atoms with E-state index in [1.54, 1.807) is 18.2 Å². The summed E-state index contributed by atoms with van der Waals surface area (Å²) >= 11 is 1.09. The quantitative estimate of drug-likeness (QED) is 0.677. The molecule has 0 bridgehead atoms. The molecule has 0 saturated carbocycles. The number of halogens is 4. The monoisotopic (exact) mass is 322 g/mol. The molecule has 1 heterocycles. The van der Waals surface area contributed by atoms with E-state index in [9.17, 15) is 17.6 Å². The molecule has 0 fully saturated rings. The number of alkyl halides is 3. The van der Waals surface area contributed by atoms with E-state index < -0.39 is 24.5 Å². The van der Waals surface area contributed by atoms with Crippen LogP contribution in [0.1, 0.15) is 11.7 Å². The van der Waals surface area contributed by atoms with Gasteiger partial charge in [0.15, 0.2) is 11.9 Å². The molecular weight excluding hydrogens is 312 g/mol. The van der Waals surface area contributed by atoms with Crippen LogP contribution < -0.4 is 0 Å². The Hall–Kier alpha value is -1.61. The molecule has 0 aliphatic carbocycles. The topological polar surface area (TPSA) is 59.2 Å². The second-order valence-corrected chi connectivity index (χ2v) is 5.10. The number of hydrogen-bond donors (Lipinski definition) is 1. The third-order valence-corrected chi connectivity index (χ3v) is 3.49. The van der Waals surface area contributed by atoms with Gasteiger partial charge in [-0.15, -0.1) is 11.8 Å². The molecule has 1 unspecified atom stereocenters. The normalized spacial score (nSPS) is 13.4. The lowest BCUT2D eigenvalue weighted by molar-refractivity contribution is -0.204. The third-order valence-electron chi connectivity index (χ3n) is 2.45. The van der Waals surface area contributed by atoms with Gasteiger partial charge in [0, 0.05) is 4.90 Å². The van der Waals surface area contributed by atoms with Crippen LogP contribution in [0.2, 0.25) is 0 Å². The Bertz CT molecular complexity index is 603. The van der Waals surface area contributed by atoms with E-state index >= 15 is 0 Å². The largest absolute Gasteiger partial charge is 0.414 e. The van der Waals surface area contributed by atoms with Gasteiger partial charge in [-0.1, -0.05) is 17.3 Å². The standard InChI is InChI=1S/C12H10F4N2O2S/c13-7-3-1-2-4-8(7)21-6-10-17-11(20-18-10)5-9(19)12(14,15)16/h1-4,9,19H,5-6H2. The molecule has 0 aliphatic rings. The predicted octanol–water partition coefficient (Wildman–Crippen LogP) is 2.97. The zero-order valence-electron chi connectivity index (χ0n) is 10.5. The highest BCUT2D eigenvalue weighted by Crippen LogP contribution is 2.25. The lowest BCUT2D eigenvalue weighted by atomic mass is 10.2. The number of thioether (sulfide) groups is 1. The van der Waals surface area contributed by atoms with E-state index in [4.69, 9.17) is 5.11 Å². The maximum atomic E-state index is 13.4. The molecule has 0 saturated heterocycles. The average Bonchev–Trinajstić information content (AvgIpc) is 2.84. The summed E-state index contributed by atoms with van der Waals surface area (Å²) in [6.45, 7) is 0. The van der Waals surface area contributed by atoms with E-state index in [1.807, 2.05) is 0 Å². The third kappa shape index (κ3) is 4.43. The van der Waals surface area contributed by atoms with Crippen LogP contribution in [0, 0.1) is 5.82 Å². The first-order chi connectivity index (χ1) is 9.86. The zero-order valence-corrected chi connectivity index (χ0v) is 11.3. The Morgan fingerprint density at radius 1 is 1.29 bits per heavy atom. The first-order valence-electron chi connectivity index (χ1n) is 5.80. The molecule has 1 aromatic heterocycles. The van der Waals surface area contributed by atoms with E-state index in [2.05, 4.69) is 14.7 Å². The Balaban J connectivity index is 1.93. The first-order valence-corrected chi connectivity index (χ1v) is 6.78. The number of aromatic nitrogens is 2. The Labute approximate surface area is 121 Å². The lowest BCUT2D eigenvalue weighted by Gasteiger charge is -2.11. The van der Waals surface area contributed by atoms with Gasteiger partial charge in [-0.2, -0.15) is 18.2 Å². The molecule has 1 N–H and O–H groups in total. The van der Waals surface area contributed by atoms with Crippen molar-refractivity contribution in [1.82, 2.24) is 10.1 Å². The van der Waals surface area contributed by atoms with Crippen LogP contribution in [-0.4, -0.2) is 27.5 Å². The van der Waals surface area contributed by atoms with Crippen molar-refractivity contribution < 1.29 is 27.2 Å². The van der Waals surface area contributed by atoms with Gasteiger partial charge in [0.1, 0.15) is 5.82 Å². The van der Waals surface area contributed by atoms with E-state index in [-0.39, 0.29) is 17.5 Å². The SMILES string of the molecule is OC(Cc1nc(CSc2ccccc2F)no1)C(F)(F)F. The van der Waals surface area contributed by atoms with E-state index in [0.29, 0.717) is 4.90 Å². The van der Waals surface area contributed by atoms with Crippen molar-refractivity contribution in [3.63, 3.8) is 0 Å². The van der Waals surface area contributed by atoms with Crippen molar-refractivity contribution >= 4 is 11.8 Å². The van der Waals surface area contributed by atoms with Crippen molar-refractivity contribution in [3.8, 4) is 0 Å². The Morgan fingerprint density at radius 2 is 2.00 bits per heavy atom. The summed E-state index contributed by atoms with van der Waals surface area (Å²) in [5, 5.41) is 12.4. The molecule has 0 spiro atoms. The van der Waals surface area contributed by atoms with Crippen LogP contribution in [0.3, 0.4) is 0 Å². The van der Waals surface area contributed by atoms with Gasteiger partial charge in [0.25, 0.3) is 0 Å². The number of benzene rings is 1. The summed E-state index contributed by atoms with van der Waals surface area (Å²) < 4.78 is 54.5. The summed E-state index contributed by atoms with van der Waals surface area (Å²) in [5.74, 6) is -0.442. The molecular formula is C12H10F4N2O2S. The second kappa shape index (κ2) is 6.44. The van der Waals surface area contributed by atoms with Crippen LogP contribution in [0.4, 0.5) is 17.6 Å². The van der Waals surface area contributed by atoms with Crippen molar-refractivity contribution in [1.29, 1.82) is 0 Å². The van der Waals surface area contributed by atoms with Crippen molar-refractivity contribution in [3.05, 3.63) is 41.8 Å². The van der Waals surface area contributed by atoms with Crippen molar-refractivity contribution in [2.24, 2.45) is 0 Å². The van der Waals surface area contributed by atoms with Crippen LogP contribution in [0.5, 0.6) is 0 Å². The number of nitrogens with zero attached hydrogens (tertiary/aromatic N) is 2. The number of aliphatic hydroxyl groups is 1. The highest BCUT2D eigenvalue weighted by Gasteiger charge is 2.39. The minimum absolute atomic E-state index is 0.132. The van der Waals surface area contributed by atoms with Gasteiger partial charge in [-0.3, -0.25) is 0 Å². The molecule has 1 atom stereocenters. The second-order valence-electron chi connectivity index (χ2n) is 4.08. The van der Waals surface area contributed by atoms with Gasteiger partial charge in [-0.25, -0.2) is 4.39 Å². The summed E-state index contributed by atoms with van der Waals surface area (Å²) in [5.41, 5.74) is 0. The van der Waals surface area contributed by atoms with Crippen molar-refractivity contribution in [2.75, 3.05) is 0 Å². The van der Waals surface area contributed by atoms with Gasteiger partial charge in [0.05, 0.1) is 12.2 Å². The smallest absolute Gasteiger partial charge is 0.383 e. The van der Waals surface area contributed by atoms with Gasteiger partial charge in [-0.05, 0) is 12.1 Å². The van der Waals surface area contributed by atoms with Gasteiger partial charge >= 0.3 is 6.18 Å². The zero-order chi connectivity index (χ0) is 15.5. The lowest BCUT2D eigenvalue weighted by Crippen LogP contribution is -2.30. The Morgan fingerprint density at radius 3 is 2.67 bits per heavy atom. The average molecular weight is 322 g/mol. The first kappa shape index (κ1) is 15.8. The molecule has 0 radical (unpaired) electrons. The van der Waals surface area contributed by atoms with Crippen LogP contribution in [0.15, 0.2) is 33.7 Å². The number of hydrogen-bond acceptors (Lipinski definition) is 5. The molecule has 4 nitrogen and oxygen atoms in total. The van der Waals surface area contributed by atoms with Gasteiger partial charge in [0.2, 0.25) is 5.89 Å². The Kier molecular flexibility index (Phi) is 4.84. The van der Waals surface area contributed by atoms with Crippen molar-refractivity contribution in [2.45, 2.75) is 29.3 Å². The maximum Gasteiger partial charge on any atom is 0.414 e. The molecule has 21 heavy (non-hydrogen) atoms.